The maximum atomic E-state index is 11.5. The molecule has 0 radical (unpaired) electrons. The molecule has 0 bridgehead atoms. The molecule has 1 aliphatic carbocycles. The first kappa shape index (κ1) is 11.5. The monoisotopic (exact) mass is 247 g/mol. The lowest BCUT2D eigenvalue weighted by Gasteiger charge is -2.07. The molecule has 1 N–H and O–H groups in total. The van der Waals surface area contributed by atoms with Gasteiger partial charge in [0.1, 0.15) is 12.4 Å². The van der Waals surface area contributed by atoms with Crippen molar-refractivity contribution >= 4 is 5.97 Å². The van der Waals surface area contributed by atoms with Crippen molar-refractivity contribution in [1.82, 2.24) is 5.32 Å². The third kappa shape index (κ3) is 2.82. The van der Waals surface area contributed by atoms with E-state index in [0.29, 0.717) is 19.2 Å². The number of rotatable bonds is 5. The fraction of sp³-hybridized carbons (Fsp3) is 0.500. The van der Waals surface area contributed by atoms with Gasteiger partial charge >= 0.3 is 5.97 Å². The Morgan fingerprint density at radius 2 is 2.33 bits per heavy atom. The Morgan fingerprint density at radius 1 is 1.44 bits per heavy atom. The Hall–Kier alpha value is -1.55. The molecule has 4 nitrogen and oxygen atoms in total. The summed E-state index contributed by atoms with van der Waals surface area (Å²) >= 11 is 0. The van der Waals surface area contributed by atoms with Gasteiger partial charge in [-0.05, 0) is 36.1 Å². The van der Waals surface area contributed by atoms with Gasteiger partial charge in [-0.25, -0.2) is 0 Å². The van der Waals surface area contributed by atoms with Gasteiger partial charge in [-0.3, -0.25) is 4.79 Å². The highest BCUT2D eigenvalue weighted by Gasteiger charge is 2.21. The molecule has 1 aromatic rings. The molecule has 0 spiro atoms. The van der Waals surface area contributed by atoms with E-state index in [1.54, 1.807) is 0 Å². The van der Waals surface area contributed by atoms with Crippen molar-refractivity contribution < 1.29 is 14.3 Å². The Balaban J connectivity index is 1.48. The van der Waals surface area contributed by atoms with Gasteiger partial charge in [0.2, 0.25) is 0 Å². The van der Waals surface area contributed by atoms with Crippen LogP contribution in [0.25, 0.3) is 0 Å². The van der Waals surface area contributed by atoms with Crippen LogP contribution in [0, 0.1) is 0 Å². The van der Waals surface area contributed by atoms with Crippen LogP contribution >= 0.6 is 0 Å². The van der Waals surface area contributed by atoms with E-state index in [1.807, 2.05) is 12.1 Å². The summed E-state index contributed by atoms with van der Waals surface area (Å²) in [5, 5.41) is 3.14. The summed E-state index contributed by atoms with van der Waals surface area (Å²) in [5.74, 6) is 0.777. The van der Waals surface area contributed by atoms with E-state index in [1.165, 1.54) is 18.4 Å². The molecule has 1 saturated carbocycles. The summed E-state index contributed by atoms with van der Waals surface area (Å²) in [6, 6.07) is 6.50. The highest BCUT2D eigenvalue weighted by atomic mass is 16.5. The number of esters is 1. The lowest BCUT2D eigenvalue weighted by Crippen LogP contribution is -2.26. The predicted octanol–water partition coefficient (Wildman–Crippen LogP) is 1.42. The van der Waals surface area contributed by atoms with Gasteiger partial charge in [-0.2, -0.15) is 0 Å². The second-order valence-corrected chi connectivity index (χ2v) is 4.86. The number of benzene rings is 1. The molecule has 1 fully saturated rings. The number of carbonyl (C=O) groups is 1. The summed E-state index contributed by atoms with van der Waals surface area (Å²) < 4.78 is 10.7. The smallest absolute Gasteiger partial charge is 0.320 e. The Kier molecular flexibility index (Phi) is 3.19. The first-order valence-electron chi connectivity index (χ1n) is 6.45. The molecule has 0 saturated heterocycles. The van der Waals surface area contributed by atoms with E-state index in [0.717, 1.165) is 24.3 Å². The van der Waals surface area contributed by atoms with Crippen molar-refractivity contribution in [1.29, 1.82) is 0 Å². The molecule has 1 heterocycles. The van der Waals surface area contributed by atoms with E-state index in [9.17, 15) is 4.79 Å². The van der Waals surface area contributed by atoms with Crippen LogP contribution in [-0.4, -0.2) is 25.2 Å². The predicted molar refractivity (Wildman–Crippen MR) is 66.5 cm³/mol. The van der Waals surface area contributed by atoms with Crippen LogP contribution < -0.4 is 10.1 Å². The fourth-order valence-corrected chi connectivity index (χ4v) is 2.06. The maximum absolute atomic E-state index is 11.5. The molecule has 0 aromatic heterocycles. The molecule has 0 unspecified atom stereocenters. The van der Waals surface area contributed by atoms with Gasteiger partial charge in [-0.1, -0.05) is 6.07 Å². The molecule has 3 rings (SSSR count). The summed E-state index contributed by atoms with van der Waals surface area (Å²) in [6.45, 7) is 1.42. The molecule has 1 aromatic carbocycles. The standard InChI is InChI=1S/C14H17NO3/c16-14(8-15-12-2-3-12)18-9-10-1-4-13-11(7-10)5-6-17-13/h1,4,7,12,15H,2-3,5-6,8-9H2. The first-order chi connectivity index (χ1) is 8.81. The van der Waals surface area contributed by atoms with Crippen molar-refractivity contribution in [3.8, 4) is 5.75 Å². The van der Waals surface area contributed by atoms with Crippen LogP contribution in [0.4, 0.5) is 0 Å². The molecular weight excluding hydrogens is 230 g/mol. The van der Waals surface area contributed by atoms with Crippen molar-refractivity contribution in [2.75, 3.05) is 13.2 Å². The number of carbonyl (C=O) groups excluding carboxylic acids is 1. The van der Waals surface area contributed by atoms with Crippen LogP contribution in [0.2, 0.25) is 0 Å². The number of hydrogen-bond acceptors (Lipinski definition) is 4. The largest absolute Gasteiger partial charge is 0.493 e. The first-order valence-corrected chi connectivity index (χ1v) is 6.45. The molecule has 2 aliphatic rings. The van der Waals surface area contributed by atoms with E-state index >= 15 is 0 Å². The fourth-order valence-electron chi connectivity index (χ4n) is 2.06. The Bertz CT molecular complexity index is 454. The quantitative estimate of drug-likeness (QED) is 0.799. The average Bonchev–Trinajstić information content (AvgIpc) is 3.10. The molecule has 1 aliphatic heterocycles. The van der Waals surface area contributed by atoms with E-state index < -0.39 is 0 Å². The maximum Gasteiger partial charge on any atom is 0.320 e. The highest BCUT2D eigenvalue weighted by Crippen LogP contribution is 2.26. The van der Waals surface area contributed by atoms with Crippen molar-refractivity contribution in [3.63, 3.8) is 0 Å². The van der Waals surface area contributed by atoms with Crippen molar-refractivity contribution in [2.45, 2.75) is 31.9 Å². The summed E-state index contributed by atoms with van der Waals surface area (Å²) in [4.78, 5) is 11.5. The lowest BCUT2D eigenvalue weighted by atomic mass is 10.1. The summed E-state index contributed by atoms with van der Waals surface area (Å²) in [5.41, 5.74) is 2.23. The molecule has 18 heavy (non-hydrogen) atoms. The van der Waals surface area contributed by atoms with Gasteiger partial charge in [0.15, 0.2) is 0 Å². The zero-order valence-corrected chi connectivity index (χ0v) is 10.3. The van der Waals surface area contributed by atoms with Crippen LogP contribution in [0.3, 0.4) is 0 Å². The lowest BCUT2D eigenvalue weighted by molar-refractivity contribution is -0.143. The second kappa shape index (κ2) is 4.98. The Morgan fingerprint density at radius 3 is 3.17 bits per heavy atom. The summed E-state index contributed by atoms with van der Waals surface area (Å²) in [7, 11) is 0. The SMILES string of the molecule is O=C(CNC1CC1)OCc1ccc2c(c1)CCO2. The number of fused-ring (bicyclic) bond motifs is 1. The van der Waals surface area contributed by atoms with Gasteiger partial charge in [0.05, 0.1) is 13.2 Å². The van der Waals surface area contributed by atoms with E-state index in [-0.39, 0.29) is 5.97 Å². The zero-order valence-electron chi connectivity index (χ0n) is 10.3. The van der Waals surface area contributed by atoms with Crippen LogP contribution in [0.1, 0.15) is 24.0 Å². The van der Waals surface area contributed by atoms with Crippen molar-refractivity contribution in [2.24, 2.45) is 0 Å². The van der Waals surface area contributed by atoms with Gasteiger partial charge in [-0.15, -0.1) is 0 Å². The minimum absolute atomic E-state index is 0.182. The normalized spacial score (nSPS) is 17.1. The van der Waals surface area contributed by atoms with Gasteiger partial charge in [0, 0.05) is 12.5 Å². The molecule has 0 atom stereocenters. The molecule has 0 amide bonds. The topological polar surface area (TPSA) is 47.6 Å². The second-order valence-electron chi connectivity index (χ2n) is 4.86. The molecule has 96 valence electrons. The molecule has 4 heteroatoms. The number of hydrogen-bond donors (Lipinski definition) is 1. The highest BCUT2D eigenvalue weighted by molar-refractivity contribution is 5.71. The van der Waals surface area contributed by atoms with E-state index in [2.05, 4.69) is 11.4 Å². The minimum Gasteiger partial charge on any atom is -0.493 e. The van der Waals surface area contributed by atoms with Crippen LogP contribution in [0.15, 0.2) is 18.2 Å². The third-order valence-electron chi connectivity index (χ3n) is 3.27. The van der Waals surface area contributed by atoms with Crippen molar-refractivity contribution in [3.05, 3.63) is 29.3 Å². The zero-order chi connectivity index (χ0) is 12.4. The van der Waals surface area contributed by atoms with Gasteiger partial charge in [0.25, 0.3) is 0 Å². The summed E-state index contributed by atoms with van der Waals surface area (Å²) in [6.07, 6.45) is 3.30. The Labute approximate surface area is 106 Å². The van der Waals surface area contributed by atoms with Crippen LogP contribution in [-0.2, 0) is 22.6 Å². The van der Waals surface area contributed by atoms with Gasteiger partial charge < -0.3 is 14.8 Å². The average molecular weight is 247 g/mol. The van der Waals surface area contributed by atoms with E-state index in [4.69, 9.17) is 9.47 Å². The molecular formula is C14H17NO3. The number of nitrogens with one attached hydrogen (secondary N) is 1. The minimum atomic E-state index is -0.182. The third-order valence-corrected chi connectivity index (χ3v) is 3.27. The van der Waals surface area contributed by atoms with Crippen LogP contribution in [0.5, 0.6) is 5.75 Å². The number of ether oxygens (including phenoxy) is 2.